The number of hydrogen-bond acceptors (Lipinski definition) is 4. The molecule has 2 saturated heterocycles. The highest BCUT2D eigenvalue weighted by atomic mass is 16.5. The van der Waals surface area contributed by atoms with E-state index in [9.17, 15) is 15.0 Å². The van der Waals surface area contributed by atoms with Gasteiger partial charge in [0, 0.05) is 17.4 Å². The van der Waals surface area contributed by atoms with E-state index in [1.54, 1.807) is 0 Å². The van der Waals surface area contributed by atoms with E-state index in [0.29, 0.717) is 25.5 Å². The van der Waals surface area contributed by atoms with Crippen LogP contribution in [0, 0.1) is 34.0 Å². The first-order valence-electron chi connectivity index (χ1n) is 10.8. The van der Waals surface area contributed by atoms with Crippen LogP contribution in [0.5, 0.6) is 0 Å². The molecule has 148 valence electrons. The van der Waals surface area contributed by atoms with Crippen LogP contribution in [0.2, 0.25) is 0 Å². The van der Waals surface area contributed by atoms with Crippen molar-refractivity contribution in [2.45, 2.75) is 70.3 Å². The SMILES string of the molecule is C=C1C2CCC3(C(O)CC4C5(C)CCCC4(C4OCCN4C5=O)C3C2)C1O. The molecule has 5 heteroatoms. The number of carbonyl (C=O) groups excluding carboxylic acids is 1. The minimum Gasteiger partial charge on any atom is -0.392 e. The van der Waals surface area contributed by atoms with Crippen molar-refractivity contribution in [2.24, 2.45) is 34.0 Å². The highest BCUT2D eigenvalue weighted by Crippen LogP contribution is 2.75. The fourth-order valence-corrected chi connectivity index (χ4v) is 8.97. The Morgan fingerprint density at radius 1 is 1.15 bits per heavy atom. The number of carbonyl (C=O) groups is 1. The summed E-state index contributed by atoms with van der Waals surface area (Å²) in [7, 11) is 0. The van der Waals surface area contributed by atoms with Gasteiger partial charge in [0.25, 0.3) is 0 Å². The lowest BCUT2D eigenvalue weighted by Crippen LogP contribution is -2.77. The minimum absolute atomic E-state index is 0.128. The number of hydrogen-bond donors (Lipinski definition) is 2. The zero-order valence-corrected chi connectivity index (χ0v) is 16.2. The zero-order valence-electron chi connectivity index (χ0n) is 16.2. The molecule has 5 saturated carbocycles. The van der Waals surface area contributed by atoms with Gasteiger partial charge in [0.1, 0.15) is 6.23 Å². The Morgan fingerprint density at radius 3 is 2.78 bits per heavy atom. The van der Waals surface area contributed by atoms with E-state index in [1.807, 2.05) is 4.90 Å². The Balaban J connectivity index is 1.58. The summed E-state index contributed by atoms with van der Waals surface area (Å²) in [6, 6.07) is 0. The van der Waals surface area contributed by atoms with Gasteiger partial charge in [-0.3, -0.25) is 4.79 Å². The molecule has 27 heavy (non-hydrogen) atoms. The van der Waals surface area contributed by atoms with Crippen LogP contribution >= 0.6 is 0 Å². The number of nitrogens with zero attached hydrogens (tertiary/aromatic N) is 1. The minimum atomic E-state index is -0.624. The molecule has 4 bridgehead atoms. The first kappa shape index (κ1) is 17.0. The predicted octanol–water partition coefficient (Wildman–Crippen LogP) is 2.08. The van der Waals surface area contributed by atoms with Gasteiger partial charge in [0.2, 0.25) is 5.91 Å². The topological polar surface area (TPSA) is 70.0 Å². The van der Waals surface area contributed by atoms with Gasteiger partial charge in [0.15, 0.2) is 0 Å². The first-order valence-corrected chi connectivity index (χ1v) is 10.8. The number of aliphatic hydroxyl groups excluding tert-OH is 2. The maximum Gasteiger partial charge on any atom is 0.230 e. The molecule has 9 unspecified atom stereocenters. The highest BCUT2D eigenvalue weighted by Gasteiger charge is 2.77. The summed E-state index contributed by atoms with van der Waals surface area (Å²) in [4.78, 5) is 15.5. The molecular weight excluding hydrogens is 342 g/mol. The summed E-state index contributed by atoms with van der Waals surface area (Å²) in [5, 5.41) is 22.7. The van der Waals surface area contributed by atoms with E-state index < -0.39 is 23.0 Å². The maximum atomic E-state index is 13.4. The Hall–Kier alpha value is -0.910. The number of amides is 1. The number of piperidine rings is 1. The van der Waals surface area contributed by atoms with Crippen molar-refractivity contribution in [2.75, 3.05) is 13.2 Å². The monoisotopic (exact) mass is 373 g/mol. The quantitative estimate of drug-likeness (QED) is 0.638. The molecule has 5 aliphatic carbocycles. The molecule has 2 N–H and O–H groups in total. The zero-order chi connectivity index (χ0) is 18.8. The summed E-state index contributed by atoms with van der Waals surface area (Å²) in [6.45, 7) is 7.66. The van der Waals surface area contributed by atoms with Crippen LogP contribution in [0.25, 0.3) is 0 Å². The smallest absolute Gasteiger partial charge is 0.230 e. The highest BCUT2D eigenvalue weighted by molar-refractivity contribution is 5.85. The third-order valence-corrected chi connectivity index (χ3v) is 10.0. The molecule has 0 radical (unpaired) electrons. The van der Waals surface area contributed by atoms with Crippen LogP contribution in [0.15, 0.2) is 12.2 Å². The summed E-state index contributed by atoms with van der Waals surface area (Å²) in [5.41, 5.74) is -0.0970. The third-order valence-electron chi connectivity index (χ3n) is 10.0. The normalized spacial score (nSPS) is 58.7. The molecule has 7 fully saturated rings. The molecule has 1 amide bonds. The number of aliphatic hydroxyl groups is 2. The van der Waals surface area contributed by atoms with Gasteiger partial charge >= 0.3 is 0 Å². The summed E-state index contributed by atoms with van der Waals surface area (Å²) in [5.74, 6) is 0.930. The molecule has 7 aliphatic rings. The lowest BCUT2D eigenvalue weighted by atomic mass is 9.33. The van der Waals surface area contributed by atoms with Crippen LogP contribution in [0.4, 0.5) is 0 Å². The molecule has 7 rings (SSSR count). The molecule has 0 aromatic carbocycles. The maximum absolute atomic E-state index is 13.4. The van der Waals surface area contributed by atoms with E-state index in [0.717, 1.165) is 44.1 Å². The van der Waals surface area contributed by atoms with Crippen molar-refractivity contribution in [3.8, 4) is 0 Å². The lowest BCUT2D eigenvalue weighted by molar-refractivity contribution is -0.304. The first-order chi connectivity index (χ1) is 12.9. The standard InChI is InChI=1S/C22H31NO4/c1-12-13-4-7-22(17(12)25)15(10-13)21-6-3-5-20(2,14(21)11-16(22)24)18(26)23-8-9-27-19(21)23/h13-17,19,24-25H,1,3-11H2,2H3. The van der Waals surface area contributed by atoms with E-state index in [-0.39, 0.29) is 29.4 Å². The van der Waals surface area contributed by atoms with Gasteiger partial charge in [-0.25, -0.2) is 0 Å². The lowest BCUT2D eigenvalue weighted by Gasteiger charge is -2.74. The Labute approximate surface area is 160 Å². The van der Waals surface area contributed by atoms with Crippen molar-refractivity contribution in [3.63, 3.8) is 0 Å². The molecular formula is C22H31NO4. The average molecular weight is 373 g/mol. The molecule has 2 aliphatic heterocycles. The fourth-order valence-electron chi connectivity index (χ4n) is 8.97. The van der Waals surface area contributed by atoms with Crippen LogP contribution < -0.4 is 0 Å². The Morgan fingerprint density at radius 2 is 1.96 bits per heavy atom. The molecule has 2 heterocycles. The second-order valence-corrected chi connectivity index (χ2v) is 10.5. The number of fused-ring (bicyclic) bond motifs is 3. The van der Waals surface area contributed by atoms with Crippen LogP contribution in [0.3, 0.4) is 0 Å². The average Bonchev–Trinajstić information content (AvgIpc) is 3.15. The molecule has 9 atom stereocenters. The molecule has 5 nitrogen and oxygen atoms in total. The van der Waals surface area contributed by atoms with Gasteiger partial charge < -0.3 is 19.8 Å². The molecule has 0 aromatic rings. The number of ether oxygens (including phenoxy) is 1. The summed E-state index contributed by atoms with van der Waals surface area (Å²) < 4.78 is 6.29. The Bertz CT molecular complexity index is 738. The predicted molar refractivity (Wildman–Crippen MR) is 98.4 cm³/mol. The van der Waals surface area contributed by atoms with E-state index in [1.165, 1.54) is 0 Å². The fraction of sp³-hybridized carbons (Fsp3) is 0.864. The summed E-state index contributed by atoms with van der Waals surface area (Å²) in [6.07, 6.45) is 5.13. The largest absolute Gasteiger partial charge is 0.392 e. The van der Waals surface area contributed by atoms with Crippen molar-refractivity contribution in [1.82, 2.24) is 4.90 Å². The van der Waals surface area contributed by atoms with Crippen molar-refractivity contribution < 1.29 is 19.7 Å². The van der Waals surface area contributed by atoms with Crippen LogP contribution in [0.1, 0.15) is 51.9 Å². The van der Waals surface area contributed by atoms with E-state index in [4.69, 9.17) is 4.74 Å². The number of rotatable bonds is 0. The van der Waals surface area contributed by atoms with Gasteiger partial charge in [-0.2, -0.15) is 0 Å². The molecule has 0 aromatic heterocycles. The van der Waals surface area contributed by atoms with Gasteiger partial charge in [-0.1, -0.05) is 19.9 Å². The van der Waals surface area contributed by atoms with Gasteiger partial charge in [0.05, 0.1) is 24.2 Å². The second kappa shape index (κ2) is 4.98. The van der Waals surface area contributed by atoms with Crippen molar-refractivity contribution in [1.29, 1.82) is 0 Å². The Kier molecular flexibility index (Phi) is 3.13. The van der Waals surface area contributed by atoms with Gasteiger partial charge in [-0.15, -0.1) is 0 Å². The van der Waals surface area contributed by atoms with Gasteiger partial charge in [-0.05, 0) is 61.9 Å². The van der Waals surface area contributed by atoms with Crippen LogP contribution in [-0.4, -0.2) is 52.6 Å². The second-order valence-electron chi connectivity index (χ2n) is 10.5. The summed E-state index contributed by atoms with van der Waals surface area (Å²) >= 11 is 0. The van der Waals surface area contributed by atoms with Crippen molar-refractivity contribution in [3.05, 3.63) is 12.2 Å². The van der Waals surface area contributed by atoms with E-state index >= 15 is 0 Å². The van der Waals surface area contributed by atoms with Crippen LogP contribution in [-0.2, 0) is 9.53 Å². The van der Waals surface area contributed by atoms with E-state index in [2.05, 4.69) is 13.5 Å². The third kappa shape index (κ3) is 1.61. The van der Waals surface area contributed by atoms with Crippen molar-refractivity contribution >= 4 is 5.91 Å². The molecule has 1 spiro atoms.